The molecule has 2 heterocycles. The van der Waals surface area contributed by atoms with Gasteiger partial charge in [-0.05, 0) is 36.8 Å². The Morgan fingerprint density at radius 3 is 1.07 bits per heavy atom. The quantitative estimate of drug-likeness (QED) is 0.0705. The molecule has 0 unspecified atom stereocenters. The third-order valence-corrected chi connectivity index (χ3v) is 8.32. The molecule has 0 aliphatic carbocycles. The van der Waals surface area contributed by atoms with Crippen LogP contribution in [-0.4, -0.2) is 13.2 Å². The maximum Gasteiger partial charge on any atom is 0.169 e. The molecule has 0 N–H and O–H groups in total. The monoisotopic (exact) mass is 583 g/mol. The third kappa shape index (κ3) is 20.2. The van der Waals surface area contributed by atoms with Gasteiger partial charge in [0.05, 0.1) is 13.2 Å². The van der Waals surface area contributed by atoms with E-state index >= 15 is 0 Å². The van der Waals surface area contributed by atoms with Gasteiger partial charge in [-0.3, -0.25) is 0 Å². The number of hydrogen-bond acceptors (Lipinski definition) is 2. The highest BCUT2D eigenvalue weighted by Gasteiger charge is 2.03. The van der Waals surface area contributed by atoms with E-state index in [0.717, 1.165) is 52.4 Å². The Hall–Kier alpha value is -1.78. The summed E-state index contributed by atoms with van der Waals surface area (Å²) in [6.45, 7) is 9.96. The molecule has 238 valence electrons. The molecular weight excluding hydrogens is 516 g/mol. The Balaban J connectivity index is 1.37. The Morgan fingerprint density at radius 1 is 0.405 bits per heavy atom. The lowest BCUT2D eigenvalue weighted by Crippen LogP contribution is -2.32. The van der Waals surface area contributed by atoms with E-state index in [4.69, 9.17) is 9.47 Å². The zero-order chi connectivity index (χ0) is 29.8. The lowest BCUT2D eigenvalue weighted by Gasteiger charge is -2.06. The van der Waals surface area contributed by atoms with Gasteiger partial charge < -0.3 is 9.47 Å². The molecule has 0 fully saturated rings. The lowest BCUT2D eigenvalue weighted by atomic mass is 10.1. The van der Waals surface area contributed by atoms with Crippen molar-refractivity contribution in [2.45, 2.75) is 169 Å². The first-order chi connectivity index (χ1) is 20.8. The van der Waals surface area contributed by atoms with Gasteiger partial charge in [0, 0.05) is 50.3 Å². The fourth-order valence-corrected chi connectivity index (χ4v) is 5.47. The number of unbranched alkanes of at least 4 members (excludes halogenated alkanes) is 17. The molecule has 4 heteroatoms. The van der Waals surface area contributed by atoms with E-state index in [9.17, 15) is 0 Å². The maximum absolute atomic E-state index is 5.92. The average molecular weight is 583 g/mol. The predicted octanol–water partition coefficient (Wildman–Crippen LogP) is 9.84. The zero-order valence-corrected chi connectivity index (χ0v) is 27.7. The first-order valence-corrected chi connectivity index (χ1v) is 17.9. The smallest absolute Gasteiger partial charge is 0.169 e. The van der Waals surface area contributed by atoms with Crippen LogP contribution >= 0.6 is 0 Å². The Labute approximate surface area is 260 Å². The number of nitrogens with zero attached hydrogens (tertiary/aromatic N) is 2. The number of hydrogen-bond donors (Lipinski definition) is 0. The normalized spacial score (nSPS) is 11.4. The molecule has 0 aliphatic heterocycles. The van der Waals surface area contributed by atoms with E-state index in [0.29, 0.717) is 0 Å². The first-order valence-electron chi connectivity index (χ1n) is 17.9. The van der Waals surface area contributed by atoms with Crippen molar-refractivity contribution in [3.8, 4) is 0 Å². The third-order valence-electron chi connectivity index (χ3n) is 8.32. The molecule has 0 saturated heterocycles. The first kappa shape index (κ1) is 36.4. The standard InChI is InChI=1S/C38H66N2O2/c1-3-5-7-9-11-13-15-19-27-39-29-23-37(24-30-39)35-41-33-21-17-18-22-34-42-36-38-25-31-40(32-26-38)28-20-16-14-12-10-8-6-4-2/h23-26,29-32H,3-22,27-28,33-36H2,1-2H3/q+2. The molecule has 0 atom stereocenters. The van der Waals surface area contributed by atoms with Gasteiger partial charge in [0.2, 0.25) is 0 Å². The summed E-state index contributed by atoms with van der Waals surface area (Å²) in [4.78, 5) is 0. The number of pyridine rings is 2. The van der Waals surface area contributed by atoms with Crippen molar-refractivity contribution >= 4 is 0 Å². The van der Waals surface area contributed by atoms with Crippen molar-refractivity contribution in [3.63, 3.8) is 0 Å². The summed E-state index contributed by atoms with van der Waals surface area (Å²) in [5.41, 5.74) is 2.55. The maximum atomic E-state index is 5.92. The van der Waals surface area contributed by atoms with Gasteiger partial charge in [-0.15, -0.1) is 0 Å². The second-order valence-electron chi connectivity index (χ2n) is 12.4. The fourth-order valence-electron chi connectivity index (χ4n) is 5.47. The molecule has 4 nitrogen and oxygen atoms in total. The largest absolute Gasteiger partial charge is 0.377 e. The van der Waals surface area contributed by atoms with Crippen LogP contribution in [0.5, 0.6) is 0 Å². The molecule has 2 aromatic heterocycles. The lowest BCUT2D eigenvalue weighted by molar-refractivity contribution is -0.697. The Kier molecular flexibility index (Phi) is 23.2. The van der Waals surface area contributed by atoms with Crippen LogP contribution in [0.4, 0.5) is 0 Å². The molecule has 2 aromatic rings. The van der Waals surface area contributed by atoms with Crippen molar-refractivity contribution in [2.75, 3.05) is 13.2 Å². The minimum atomic E-state index is 0.720. The Bertz CT molecular complexity index is 766. The Morgan fingerprint density at radius 2 is 0.714 bits per heavy atom. The predicted molar refractivity (Wildman–Crippen MR) is 176 cm³/mol. The van der Waals surface area contributed by atoms with Crippen LogP contribution in [0.3, 0.4) is 0 Å². The van der Waals surface area contributed by atoms with Crippen LogP contribution in [0, 0.1) is 0 Å². The van der Waals surface area contributed by atoms with Crippen molar-refractivity contribution in [2.24, 2.45) is 0 Å². The van der Waals surface area contributed by atoms with Crippen LogP contribution in [0.15, 0.2) is 49.1 Å². The van der Waals surface area contributed by atoms with Crippen molar-refractivity contribution in [1.29, 1.82) is 0 Å². The van der Waals surface area contributed by atoms with Crippen LogP contribution in [0.2, 0.25) is 0 Å². The molecule has 42 heavy (non-hydrogen) atoms. The number of aromatic nitrogens is 2. The van der Waals surface area contributed by atoms with E-state index in [-0.39, 0.29) is 0 Å². The summed E-state index contributed by atoms with van der Waals surface area (Å²) in [6.07, 6.45) is 35.5. The summed E-state index contributed by atoms with van der Waals surface area (Å²) in [5.74, 6) is 0. The number of ether oxygens (including phenoxy) is 2. The molecule has 0 spiro atoms. The van der Waals surface area contributed by atoms with E-state index in [1.165, 1.54) is 127 Å². The summed E-state index contributed by atoms with van der Waals surface area (Å²) in [7, 11) is 0. The molecule has 0 radical (unpaired) electrons. The minimum absolute atomic E-state index is 0.720. The van der Waals surface area contributed by atoms with Gasteiger partial charge in [0.25, 0.3) is 0 Å². The van der Waals surface area contributed by atoms with Gasteiger partial charge in [0.1, 0.15) is 13.1 Å². The van der Waals surface area contributed by atoms with Crippen LogP contribution < -0.4 is 9.13 Å². The van der Waals surface area contributed by atoms with Crippen molar-refractivity contribution < 1.29 is 18.6 Å². The van der Waals surface area contributed by atoms with Crippen LogP contribution in [0.1, 0.15) is 153 Å². The highest BCUT2D eigenvalue weighted by atomic mass is 16.5. The van der Waals surface area contributed by atoms with Gasteiger partial charge in [0.15, 0.2) is 24.8 Å². The van der Waals surface area contributed by atoms with E-state index < -0.39 is 0 Å². The summed E-state index contributed by atoms with van der Waals surface area (Å²) < 4.78 is 16.5. The molecule has 2 rings (SSSR count). The zero-order valence-electron chi connectivity index (χ0n) is 27.7. The fraction of sp³-hybridized carbons (Fsp3) is 0.737. The van der Waals surface area contributed by atoms with Crippen LogP contribution in [0.25, 0.3) is 0 Å². The topological polar surface area (TPSA) is 26.2 Å². The van der Waals surface area contributed by atoms with E-state index in [1.807, 2.05) is 0 Å². The van der Waals surface area contributed by atoms with Crippen LogP contribution in [-0.2, 0) is 35.8 Å². The van der Waals surface area contributed by atoms with Gasteiger partial charge in [-0.25, -0.2) is 9.13 Å². The molecule has 0 aromatic carbocycles. The minimum Gasteiger partial charge on any atom is -0.377 e. The SMILES string of the molecule is CCCCCCCCCC[n+]1ccc(COCCCCCCOCc2cc[n+](CCCCCCCCCC)cc2)cc1. The molecule has 0 saturated carbocycles. The highest BCUT2D eigenvalue weighted by Crippen LogP contribution is 2.10. The summed E-state index contributed by atoms with van der Waals surface area (Å²) in [6, 6.07) is 8.86. The van der Waals surface area contributed by atoms with Crippen molar-refractivity contribution in [3.05, 3.63) is 60.2 Å². The van der Waals surface area contributed by atoms with Gasteiger partial charge >= 0.3 is 0 Å². The molecule has 0 bridgehead atoms. The molecule has 0 amide bonds. The molecular formula is C38H66N2O2+2. The van der Waals surface area contributed by atoms with E-state index in [1.54, 1.807) is 0 Å². The van der Waals surface area contributed by atoms with Gasteiger partial charge in [-0.2, -0.15) is 0 Å². The average Bonchev–Trinajstić information content (AvgIpc) is 3.02. The van der Waals surface area contributed by atoms with Crippen molar-refractivity contribution in [1.82, 2.24) is 0 Å². The molecule has 0 aliphatic rings. The number of aryl methyl sites for hydroxylation is 2. The highest BCUT2D eigenvalue weighted by molar-refractivity contribution is 5.06. The van der Waals surface area contributed by atoms with Gasteiger partial charge in [-0.1, -0.05) is 104 Å². The second kappa shape index (κ2) is 26.8. The number of rotatable bonds is 29. The van der Waals surface area contributed by atoms with E-state index in [2.05, 4.69) is 72.0 Å². The second-order valence-corrected chi connectivity index (χ2v) is 12.4. The summed E-state index contributed by atoms with van der Waals surface area (Å²) >= 11 is 0. The summed E-state index contributed by atoms with van der Waals surface area (Å²) in [5, 5.41) is 0.